The Balaban J connectivity index is 1.30. The Morgan fingerprint density at radius 2 is 1.89 bits per heavy atom. The summed E-state index contributed by atoms with van der Waals surface area (Å²) in [5, 5.41) is 17.2. The Bertz CT molecular complexity index is 677. The minimum atomic E-state index is -0.169. The lowest BCUT2D eigenvalue weighted by molar-refractivity contribution is -0.137. The van der Waals surface area contributed by atoms with Crippen molar-refractivity contribution in [3.05, 3.63) is 11.9 Å². The molecule has 2 aliphatic heterocycles. The molecule has 3 heterocycles. The number of amides is 2. The van der Waals surface area contributed by atoms with Crippen LogP contribution in [0.25, 0.3) is 0 Å². The van der Waals surface area contributed by atoms with Crippen molar-refractivity contribution < 1.29 is 14.7 Å². The molecule has 3 fully saturated rings. The van der Waals surface area contributed by atoms with Gasteiger partial charge in [-0.2, -0.15) is 0 Å². The quantitative estimate of drug-likeness (QED) is 0.821. The molecule has 1 saturated carbocycles. The Morgan fingerprint density at radius 1 is 1.15 bits per heavy atom. The third-order valence-corrected chi connectivity index (χ3v) is 6.35. The fourth-order valence-electron chi connectivity index (χ4n) is 4.80. The summed E-state index contributed by atoms with van der Waals surface area (Å²) in [6.07, 6.45) is 9.07. The number of carbonyl (C=O) groups excluding carboxylic acids is 2. The van der Waals surface area contributed by atoms with Crippen molar-refractivity contribution in [2.24, 2.45) is 5.92 Å². The van der Waals surface area contributed by atoms with Gasteiger partial charge >= 0.3 is 0 Å². The lowest BCUT2D eigenvalue weighted by atomic mass is 10.0. The number of nitrogens with zero attached hydrogens (tertiary/aromatic N) is 5. The highest BCUT2D eigenvalue weighted by Crippen LogP contribution is 2.31. The second-order valence-electron chi connectivity index (χ2n) is 8.11. The number of hydrogen-bond acceptors (Lipinski definition) is 5. The van der Waals surface area contributed by atoms with Gasteiger partial charge in [0.1, 0.15) is 0 Å². The summed E-state index contributed by atoms with van der Waals surface area (Å²) in [7, 11) is 0. The van der Waals surface area contributed by atoms with E-state index in [4.69, 9.17) is 5.11 Å². The van der Waals surface area contributed by atoms with Crippen LogP contribution in [0.15, 0.2) is 6.20 Å². The van der Waals surface area contributed by atoms with Gasteiger partial charge in [-0.05, 0) is 25.7 Å². The maximum Gasteiger partial charge on any atom is 0.227 e. The predicted molar refractivity (Wildman–Crippen MR) is 97.7 cm³/mol. The van der Waals surface area contributed by atoms with Crippen LogP contribution in [-0.4, -0.2) is 74.0 Å². The highest BCUT2D eigenvalue weighted by atomic mass is 16.3. The Kier molecular flexibility index (Phi) is 5.43. The molecule has 27 heavy (non-hydrogen) atoms. The predicted octanol–water partition coefficient (Wildman–Crippen LogP) is 0.767. The lowest BCUT2D eigenvalue weighted by Gasteiger charge is -2.33. The minimum Gasteiger partial charge on any atom is -0.396 e. The zero-order chi connectivity index (χ0) is 18.8. The number of aliphatic hydroxyl groups is 1. The molecular formula is C19H29N5O3. The van der Waals surface area contributed by atoms with Crippen molar-refractivity contribution >= 4 is 11.8 Å². The van der Waals surface area contributed by atoms with Gasteiger partial charge < -0.3 is 14.9 Å². The maximum absolute atomic E-state index is 12.9. The molecule has 8 nitrogen and oxygen atoms in total. The number of rotatable bonds is 5. The zero-order valence-corrected chi connectivity index (χ0v) is 15.8. The summed E-state index contributed by atoms with van der Waals surface area (Å²) in [5.74, 6) is 0.133. The summed E-state index contributed by atoms with van der Waals surface area (Å²) in [5.41, 5.74) is 0.799. The fourth-order valence-corrected chi connectivity index (χ4v) is 4.80. The van der Waals surface area contributed by atoms with E-state index in [0.717, 1.165) is 31.4 Å². The molecule has 1 N–H and O–H groups in total. The molecule has 1 aromatic heterocycles. The first-order valence-electron chi connectivity index (χ1n) is 10.3. The minimum absolute atomic E-state index is 0.0730. The van der Waals surface area contributed by atoms with Gasteiger partial charge in [-0.15, -0.1) is 5.10 Å². The normalized spacial score (nSPS) is 24.9. The first kappa shape index (κ1) is 18.4. The van der Waals surface area contributed by atoms with Gasteiger partial charge in [-0.3, -0.25) is 9.59 Å². The van der Waals surface area contributed by atoms with E-state index in [2.05, 4.69) is 10.3 Å². The Morgan fingerprint density at radius 3 is 2.59 bits per heavy atom. The molecule has 0 aromatic carbocycles. The van der Waals surface area contributed by atoms with E-state index in [-0.39, 0.29) is 30.4 Å². The molecule has 1 aromatic rings. The second kappa shape index (κ2) is 7.96. The number of aromatic nitrogens is 3. The molecule has 0 spiro atoms. The van der Waals surface area contributed by atoms with Gasteiger partial charge in [0.25, 0.3) is 0 Å². The van der Waals surface area contributed by atoms with Gasteiger partial charge in [0.15, 0.2) is 0 Å². The number of likely N-dealkylation sites (tertiary alicyclic amines) is 2. The van der Waals surface area contributed by atoms with Crippen LogP contribution in [0.5, 0.6) is 0 Å². The topological polar surface area (TPSA) is 91.6 Å². The number of aliphatic hydroxyl groups excluding tert-OH is 1. The molecule has 148 valence electrons. The van der Waals surface area contributed by atoms with Crippen LogP contribution < -0.4 is 0 Å². The molecule has 2 saturated heterocycles. The molecule has 0 bridgehead atoms. The highest BCUT2D eigenvalue weighted by Gasteiger charge is 2.40. The molecule has 4 rings (SSSR count). The van der Waals surface area contributed by atoms with Crippen molar-refractivity contribution in [3.63, 3.8) is 0 Å². The van der Waals surface area contributed by atoms with Crippen LogP contribution in [0.3, 0.4) is 0 Å². The Hall–Kier alpha value is -1.96. The molecule has 1 aliphatic carbocycles. The number of piperidine rings is 1. The average Bonchev–Trinajstić information content (AvgIpc) is 3.42. The van der Waals surface area contributed by atoms with Crippen molar-refractivity contribution in [1.29, 1.82) is 0 Å². The zero-order valence-electron chi connectivity index (χ0n) is 15.8. The SMILES string of the molecule is O=C([C@H]1CC(=O)N(C2CCCC2)C1)N1CCC(n2cc(CCO)nn2)CC1. The first-order chi connectivity index (χ1) is 13.2. The monoisotopic (exact) mass is 375 g/mol. The van der Waals surface area contributed by atoms with Crippen molar-refractivity contribution in [1.82, 2.24) is 24.8 Å². The van der Waals surface area contributed by atoms with Crippen molar-refractivity contribution in [3.8, 4) is 0 Å². The fraction of sp³-hybridized carbons (Fsp3) is 0.789. The van der Waals surface area contributed by atoms with Gasteiger partial charge in [0.05, 0.1) is 17.7 Å². The van der Waals surface area contributed by atoms with Crippen LogP contribution in [0.2, 0.25) is 0 Å². The molecule has 3 aliphatic rings. The first-order valence-corrected chi connectivity index (χ1v) is 10.3. The maximum atomic E-state index is 12.9. The standard InChI is InChI=1S/C19H29N5O3/c25-10-7-15-13-24(21-20-15)17-5-8-22(9-6-17)19(27)14-11-18(26)23(12-14)16-3-1-2-4-16/h13-14,16-17,25H,1-12H2/t14-/m0/s1. The number of hydrogen-bond donors (Lipinski definition) is 1. The third kappa shape index (κ3) is 3.85. The molecule has 0 unspecified atom stereocenters. The lowest BCUT2D eigenvalue weighted by Crippen LogP contribution is -2.43. The second-order valence-corrected chi connectivity index (χ2v) is 8.11. The average molecular weight is 375 g/mol. The van der Waals surface area contributed by atoms with E-state index >= 15 is 0 Å². The third-order valence-electron chi connectivity index (χ3n) is 6.35. The van der Waals surface area contributed by atoms with Gasteiger partial charge in [0, 0.05) is 51.3 Å². The van der Waals surface area contributed by atoms with Crippen LogP contribution in [0.4, 0.5) is 0 Å². The largest absolute Gasteiger partial charge is 0.396 e. The van der Waals surface area contributed by atoms with Gasteiger partial charge in [0.2, 0.25) is 11.8 Å². The van der Waals surface area contributed by atoms with E-state index in [9.17, 15) is 9.59 Å². The molecule has 1 atom stereocenters. The smallest absolute Gasteiger partial charge is 0.227 e. The summed E-state index contributed by atoms with van der Waals surface area (Å²) < 4.78 is 1.87. The number of carbonyl (C=O) groups is 2. The van der Waals surface area contributed by atoms with E-state index in [1.165, 1.54) is 12.8 Å². The van der Waals surface area contributed by atoms with Crippen molar-refractivity contribution in [2.45, 2.75) is 63.5 Å². The molecule has 0 radical (unpaired) electrons. The van der Waals surface area contributed by atoms with E-state index in [1.807, 2.05) is 20.7 Å². The van der Waals surface area contributed by atoms with Crippen LogP contribution >= 0.6 is 0 Å². The van der Waals surface area contributed by atoms with E-state index < -0.39 is 0 Å². The van der Waals surface area contributed by atoms with E-state index in [1.54, 1.807) is 0 Å². The molecule has 2 amide bonds. The summed E-state index contributed by atoms with van der Waals surface area (Å²) in [6, 6.07) is 0.607. The van der Waals surface area contributed by atoms with Gasteiger partial charge in [-0.1, -0.05) is 18.1 Å². The van der Waals surface area contributed by atoms with Crippen LogP contribution in [0.1, 0.15) is 56.7 Å². The Labute approximate surface area is 159 Å². The summed E-state index contributed by atoms with van der Waals surface area (Å²) >= 11 is 0. The van der Waals surface area contributed by atoms with Gasteiger partial charge in [-0.25, -0.2) is 4.68 Å². The summed E-state index contributed by atoms with van der Waals surface area (Å²) in [6.45, 7) is 2.08. The highest BCUT2D eigenvalue weighted by molar-refractivity contribution is 5.89. The molecule has 8 heteroatoms. The van der Waals surface area contributed by atoms with Crippen LogP contribution in [0, 0.1) is 5.92 Å². The van der Waals surface area contributed by atoms with E-state index in [0.29, 0.717) is 38.5 Å². The van der Waals surface area contributed by atoms with Crippen LogP contribution in [-0.2, 0) is 16.0 Å². The van der Waals surface area contributed by atoms with Crippen molar-refractivity contribution in [2.75, 3.05) is 26.2 Å². The molecular weight excluding hydrogens is 346 g/mol. The summed E-state index contributed by atoms with van der Waals surface area (Å²) in [4.78, 5) is 29.2.